The minimum absolute atomic E-state index is 0.564. The third-order valence-electron chi connectivity index (χ3n) is 3.62. The maximum absolute atomic E-state index is 5.92. The molecule has 0 saturated heterocycles. The van der Waals surface area contributed by atoms with E-state index in [1.165, 1.54) is 4.88 Å². The van der Waals surface area contributed by atoms with Crippen molar-refractivity contribution in [3.05, 3.63) is 76.2 Å². The first-order valence-corrected chi connectivity index (χ1v) is 9.24. The number of nitrogens with zero attached hydrogens (tertiary/aromatic N) is 1. The molecule has 1 N–H and O–H groups in total. The average Bonchev–Trinajstić information content (AvgIpc) is 3.16. The second-order valence-corrected chi connectivity index (χ2v) is 6.54. The van der Waals surface area contributed by atoms with Crippen LogP contribution in [0, 0.1) is 0 Å². The molecule has 0 radical (unpaired) electrons. The van der Waals surface area contributed by atoms with Crippen LogP contribution in [0.3, 0.4) is 0 Å². The summed E-state index contributed by atoms with van der Waals surface area (Å²) in [5.41, 5.74) is 2.19. The molecular formula is C20H22N2O2S. The Morgan fingerprint density at radius 2 is 1.96 bits per heavy atom. The zero-order valence-corrected chi connectivity index (χ0v) is 15.1. The van der Waals surface area contributed by atoms with Crippen LogP contribution in [0.2, 0.25) is 0 Å². The van der Waals surface area contributed by atoms with Gasteiger partial charge in [0.25, 0.3) is 0 Å². The van der Waals surface area contributed by atoms with E-state index in [-0.39, 0.29) is 0 Å². The lowest BCUT2D eigenvalue weighted by Crippen LogP contribution is -2.13. The molecular weight excluding hydrogens is 332 g/mol. The first-order valence-electron chi connectivity index (χ1n) is 8.36. The van der Waals surface area contributed by atoms with Crippen LogP contribution >= 0.6 is 11.3 Å². The van der Waals surface area contributed by atoms with Crippen LogP contribution in [0.25, 0.3) is 0 Å². The van der Waals surface area contributed by atoms with Crippen LogP contribution in [0.1, 0.15) is 23.1 Å². The van der Waals surface area contributed by atoms with Crippen LogP contribution < -0.4 is 14.8 Å². The van der Waals surface area contributed by atoms with Gasteiger partial charge in [-0.2, -0.15) is 0 Å². The van der Waals surface area contributed by atoms with Crippen LogP contribution in [0.15, 0.2) is 60.1 Å². The first kappa shape index (κ1) is 17.5. The van der Waals surface area contributed by atoms with Crippen molar-refractivity contribution in [1.29, 1.82) is 0 Å². The molecule has 2 aromatic heterocycles. The summed E-state index contributed by atoms with van der Waals surface area (Å²) in [6, 6.07) is 16.1. The Morgan fingerprint density at radius 1 is 1.00 bits per heavy atom. The number of thiophene rings is 1. The molecule has 4 nitrogen and oxygen atoms in total. The van der Waals surface area contributed by atoms with Gasteiger partial charge in [0.15, 0.2) is 11.5 Å². The maximum Gasteiger partial charge on any atom is 0.161 e. The van der Waals surface area contributed by atoms with Crippen LogP contribution in [0.5, 0.6) is 11.5 Å². The smallest absolute Gasteiger partial charge is 0.161 e. The molecule has 25 heavy (non-hydrogen) atoms. The first-order chi connectivity index (χ1) is 12.3. The third-order valence-corrected chi connectivity index (χ3v) is 4.47. The lowest BCUT2D eigenvalue weighted by atomic mass is 10.2. The molecule has 0 fully saturated rings. The van der Waals surface area contributed by atoms with Gasteiger partial charge < -0.3 is 14.8 Å². The summed E-state index contributed by atoms with van der Waals surface area (Å²) in [6.07, 6.45) is 1.81. The Morgan fingerprint density at radius 3 is 2.72 bits per heavy atom. The Balaban J connectivity index is 1.59. The van der Waals surface area contributed by atoms with Gasteiger partial charge >= 0.3 is 0 Å². The summed E-state index contributed by atoms with van der Waals surface area (Å²) < 4.78 is 11.7. The second kappa shape index (κ2) is 9.20. The van der Waals surface area contributed by atoms with Gasteiger partial charge in [0.05, 0.1) is 12.3 Å². The molecule has 3 aromatic rings. The number of rotatable bonds is 9. The number of aromatic nitrogens is 1. The highest BCUT2D eigenvalue weighted by atomic mass is 32.1. The van der Waals surface area contributed by atoms with Gasteiger partial charge in [0.1, 0.15) is 6.61 Å². The summed E-state index contributed by atoms with van der Waals surface area (Å²) >= 11 is 1.69. The molecule has 0 aliphatic rings. The predicted octanol–water partition coefficient (Wildman–Crippen LogP) is 4.41. The van der Waals surface area contributed by atoms with Crippen molar-refractivity contribution >= 4 is 11.3 Å². The molecule has 0 unspecified atom stereocenters. The molecule has 0 bridgehead atoms. The molecule has 2 heterocycles. The van der Waals surface area contributed by atoms with Gasteiger partial charge in [-0.25, -0.2) is 0 Å². The van der Waals surface area contributed by atoms with Crippen molar-refractivity contribution in [3.63, 3.8) is 0 Å². The van der Waals surface area contributed by atoms with Crippen LogP contribution in [-0.4, -0.2) is 11.6 Å². The van der Waals surface area contributed by atoms with Crippen LogP contribution in [-0.2, 0) is 19.7 Å². The Labute approximate surface area is 152 Å². The van der Waals surface area contributed by atoms with E-state index in [1.807, 2.05) is 49.5 Å². The van der Waals surface area contributed by atoms with Crippen LogP contribution in [0.4, 0.5) is 0 Å². The number of nitrogens with one attached hydrogen (secondary N) is 1. The van der Waals surface area contributed by atoms with Gasteiger partial charge in [0.2, 0.25) is 0 Å². The van der Waals surface area contributed by atoms with E-state index in [2.05, 4.69) is 27.8 Å². The summed E-state index contributed by atoms with van der Waals surface area (Å²) in [5.74, 6) is 1.57. The molecule has 5 heteroatoms. The van der Waals surface area contributed by atoms with Gasteiger partial charge in [-0.3, -0.25) is 4.98 Å². The van der Waals surface area contributed by atoms with E-state index in [9.17, 15) is 0 Å². The van der Waals surface area contributed by atoms with Crippen molar-refractivity contribution in [3.8, 4) is 11.5 Å². The van der Waals surface area contributed by atoms with Gasteiger partial charge in [-0.05, 0) is 48.2 Å². The molecule has 0 aliphatic carbocycles. The summed E-state index contributed by atoms with van der Waals surface area (Å²) in [7, 11) is 0. The minimum Gasteiger partial charge on any atom is -0.490 e. The number of hydrogen-bond donors (Lipinski definition) is 1. The Bertz CT molecular complexity index is 761. The topological polar surface area (TPSA) is 43.4 Å². The van der Waals surface area contributed by atoms with Crippen molar-refractivity contribution in [1.82, 2.24) is 10.3 Å². The Kier molecular flexibility index (Phi) is 6.42. The standard InChI is InChI=1S/C20H22N2O2S/c1-2-23-20-12-16(13-21-14-17-6-3-4-10-22-17)8-9-19(20)24-15-18-7-5-11-25-18/h3-12,21H,2,13-15H2,1H3. The SMILES string of the molecule is CCOc1cc(CNCc2ccccn2)ccc1OCc1cccs1. The van der Waals surface area contributed by atoms with Gasteiger partial charge in [0, 0.05) is 24.2 Å². The maximum atomic E-state index is 5.92. The highest BCUT2D eigenvalue weighted by Crippen LogP contribution is 2.29. The fourth-order valence-electron chi connectivity index (χ4n) is 2.43. The number of pyridine rings is 1. The fourth-order valence-corrected chi connectivity index (χ4v) is 3.05. The summed E-state index contributed by atoms with van der Waals surface area (Å²) in [5, 5.41) is 5.46. The van der Waals surface area contributed by atoms with E-state index in [1.54, 1.807) is 11.3 Å². The number of hydrogen-bond acceptors (Lipinski definition) is 5. The van der Waals surface area contributed by atoms with Crippen molar-refractivity contribution in [2.75, 3.05) is 6.61 Å². The van der Waals surface area contributed by atoms with E-state index in [4.69, 9.17) is 9.47 Å². The molecule has 3 rings (SSSR count). The lowest BCUT2D eigenvalue weighted by molar-refractivity contribution is 0.271. The second-order valence-electron chi connectivity index (χ2n) is 5.51. The van der Waals surface area contributed by atoms with E-state index in [0.717, 1.165) is 35.8 Å². The van der Waals surface area contributed by atoms with Crippen molar-refractivity contribution in [2.45, 2.75) is 26.6 Å². The molecule has 1 aromatic carbocycles. The normalized spacial score (nSPS) is 10.6. The highest BCUT2D eigenvalue weighted by molar-refractivity contribution is 7.09. The van der Waals surface area contributed by atoms with E-state index >= 15 is 0 Å². The monoisotopic (exact) mass is 354 g/mol. The van der Waals surface area contributed by atoms with Crippen molar-refractivity contribution in [2.24, 2.45) is 0 Å². The quantitative estimate of drug-likeness (QED) is 0.618. The summed E-state index contributed by atoms with van der Waals surface area (Å²) in [4.78, 5) is 5.51. The van der Waals surface area contributed by atoms with Crippen molar-refractivity contribution < 1.29 is 9.47 Å². The van der Waals surface area contributed by atoms with Gasteiger partial charge in [-0.1, -0.05) is 18.2 Å². The highest BCUT2D eigenvalue weighted by Gasteiger charge is 2.07. The zero-order valence-electron chi connectivity index (χ0n) is 14.3. The molecule has 0 spiro atoms. The molecule has 0 saturated carbocycles. The Hall–Kier alpha value is -2.37. The third kappa shape index (κ3) is 5.31. The van der Waals surface area contributed by atoms with E-state index in [0.29, 0.717) is 13.2 Å². The number of benzene rings is 1. The molecule has 0 aliphatic heterocycles. The molecule has 0 amide bonds. The number of ether oxygens (including phenoxy) is 2. The largest absolute Gasteiger partial charge is 0.490 e. The predicted molar refractivity (Wildman–Crippen MR) is 101 cm³/mol. The van der Waals surface area contributed by atoms with Gasteiger partial charge in [-0.15, -0.1) is 11.3 Å². The van der Waals surface area contributed by atoms with E-state index < -0.39 is 0 Å². The lowest BCUT2D eigenvalue weighted by Gasteiger charge is -2.13. The fraction of sp³-hybridized carbons (Fsp3) is 0.250. The molecule has 0 atom stereocenters. The minimum atomic E-state index is 0.564. The molecule has 130 valence electrons. The summed E-state index contributed by atoms with van der Waals surface area (Å²) in [6.45, 7) is 4.65. The average molecular weight is 354 g/mol. The zero-order chi connectivity index (χ0) is 17.3.